The molecule has 1 saturated heterocycles. The largest absolute Gasteiger partial charge is 0.392 e. The number of likely N-dealkylation sites (tertiary alicyclic amines) is 1. The number of H-pyrrole nitrogens is 1. The Morgan fingerprint density at radius 3 is 2.79 bits per heavy atom. The zero-order valence-corrected chi connectivity index (χ0v) is 14.0. The molecular weight excluding hydrogens is 304 g/mol. The third-order valence-corrected chi connectivity index (χ3v) is 5.85. The second-order valence-electron chi connectivity index (χ2n) is 6.99. The fourth-order valence-electron chi connectivity index (χ4n) is 4.30. The van der Waals surface area contributed by atoms with Crippen molar-refractivity contribution in [1.29, 1.82) is 0 Å². The number of fused-ring (bicyclic) bond motifs is 1. The number of benzene rings is 1. The van der Waals surface area contributed by atoms with Crippen molar-refractivity contribution in [2.45, 2.75) is 38.4 Å². The second kappa shape index (κ2) is 5.90. The van der Waals surface area contributed by atoms with Crippen LogP contribution in [0.5, 0.6) is 0 Å². The first-order valence-electron chi connectivity index (χ1n) is 8.81. The summed E-state index contributed by atoms with van der Waals surface area (Å²) in [7, 11) is 0. The van der Waals surface area contributed by atoms with Gasteiger partial charge in [0.05, 0.1) is 12.2 Å². The van der Waals surface area contributed by atoms with Gasteiger partial charge < -0.3 is 19.7 Å². The van der Waals surface area contributed by atoms with Gasteiger partial charge >= 0.3 is 0 Å². The topological polar surface area (TPSA) is 65.6 Å². The highest BCUT2D eigenvalue weighted by atomic mass is 16.5. The number of hydrogen-bond donors (Lipinski definition) is 2. The average Bonchev–Trinajstić information content (AvgIpc) is 3.05. The Morgan fingerprint density at radius 2 is 2.12 bits per heavy atom. The lowest BCUT2D eigenvalue weighted by Crippen LogP contribution is -2.62. The van der Waals surface area contributed by atoms with Crippen LogP contribution in [0.15, 0.2) is 30.3 Å². The minimum Gasteiger partial charge on any atom is -0.392 e. The molecule has 1 aliphatic heterocycles. The van der Waals surface area contributed by atoms with E-state index in [4.69, 9.17) is 4.74 Å². The summed E-state index contributed by atoms with van der Waals surface area (Å²) in [6.45, 7) is 4.02. The Bertz CT molecular complexity index is 711. The monoisotopic (exact) mass is 328 g/mol. The molecule has 2 aromatic rings. The lowest BCUT2D eigenvalue weighted by atomic mass is 9.58. The quantitative estimate of drug-likeness (QED) is 0.910. The molecule has 128 valence electrons. The van der Waals surface area contributed by atoms with Crippen LogP contribution >= 0.6 is 0 Å². The van der Waals surface area contributed by atoms with Crippen molar-refractivity contribution in [3.63, 3.8) is 0 Å². The second-order valence-corrected chi connectivity index (χ2v) is 6.99. The molecule has 2 atom stereocenters. The standard InChI is InChI=1S/C19H24N2O3/c1-2-24-17-12-16(22)19(17)7-9-21(10-8-19)18(23)15-11-13-5-3-4-6-14(13)20-15/h3-6,11,16-17,20,22H,2,7-10,12H2,1H3/t16-,17+/m1/s1. The van der Waals surface area contributed by atoms with Gasteiger partial charge in [-0.3, -0.25) is 4.79 Å². The predicted octanol–water partition coefficient (Wildman–Crippen LogP) is 2.56. The summed E-state index contributed by atoms with van der Waals surface area (Å²) in [6, 6.07) is 9.84. The van der Waals surface area contributed by atoms with Gasteiger partial charge in [0.2, 0.25) is 0 Å². The lowest BCUT2D eigenvalue weighted by Gasteiger charge is -2.56. The number of aromatic nitrogens is 1. The van der Waals surface area contributed by atoms with Gasteiger partial charge in [-0.05, 0) is 31.9 Å². The number of rotatable bonds is 3. The van der Waals surface area contributed by atoms with Gasteiger partial charge in [0.1, 0.15) is 5.69 Å². The van der Waals surface area contributed by atoms with E-state index in [1.54, 1.807) is 0 Å². The van der Waals surface area contributed by atoms with E-state index >= 15 is 0 Å². The molecule has 1 aromatic heterocycles. The van der Waals surface area contributed by atoms with Gasteiger partial charge in [-0.15, -0.1) is 0 Å². The number of para-hydroxylation sites is 1. The molecule has 4 rings (SSSR count). The van der Waals surface area contributed by atoms with E-state index in [9.17, 15) is 9.90 Å². The highest BCUT2D eigenvalue weighted by molar-refractivity contribution is 5.98. The van der Waals surface area contributed by atoms with E-state index in [0.29, 0.717) is 25.4 Å². The molecule has 2 N–H and O–H groups in total. The normalized spacial score (nSPS) is 25.8. The van der Waals surface area contributed by atoms with Gasteiger partial charge in [0.25, 0.3) is 5.91 Å². The molecule has 0 bridgehead atoms. The van der Waals surface area contributed by atoms with E-state index in [1.165, 1.54) is 0 Å². The lowest BCUT2D eigenvalue weighted by molar-refractivity contribution is -0.207. The molecule has 5 heteroatoms. The third-order valence-electron chi connectivity index (χ3n) is 5.85. The van der Waals surface area contributed by atoms with Crippen molar-refractivity contribution in [1.82, 2.24) is 9.88 Å². The SMILES string of the molecule is CCO[C@H]1C[C@@H](O)C12CCN(C(=O)c1cc3ccccc3[nH]1)CC2. The minimum atomic E-state index is -0.292. The van der Waals surface area contributed by atoms with Gasteiger partial charge in [-0.2, -0.15) is 0 Å². The third kappa shape index (κ3) is 2.34. The van der Waals surface area contributed by atoms with Gasteiger partial charge in [-0.25, -0.2) is 0 Å². The van der Waals surface area contributed by atoms with Crippen LogP contribution in [0, 0.1) is 5.41 Å². The van der Waals surface area contributed by atoms with Gasteiger partial charge in [-0.1, -0.05) is 18.2 Å². The number of aromatic amines is 1. The van der Waals surface area contributed by atoms with Crippen molar-refractivity contribution < 1.29 is 14.6 Å². The van der Waals surface area contributed by atoms with Crippen LogP contribution in [-0.4, -0.2) is 52.8 Å². The molecule has 24 heavy (non-hydrogen) atoms. The first-order chi connectivity index (χ1) is 11.6. The number of ether oxygens (including phenoxy) is 1. The average molecular weight is 328 g/mol. The van der Waals surface area contributed by atoms with Crippen LogP contribution in [0.1, 0.15) is 36.7 Å². The van der Waals surface area contributed by atoms with Crippen LogP contribution in [0.25, 0.3) is 10.9 Å². The van der Waals surface area contributed by atoms with Crippen LogP contribution in [0.3, 0.4) is 0 Å². The van der Waals surface area contributed by atoms with Crippen LogP contribution in [0.2, 0.25) is 0 Å². The molecule has 1 aromatic carbocycles. The van der Waals surface area contributed by atoms with Crippen molar-refractivity contribution in [3.05, 3.63) is 36.0 Å². The zero-order valence-electron chi connectivity index (χ0n) is 14.0. The summed E-state index contributed by atoms with van der Waals surface area (Å²) in [5.41, 5.74) is 1.48. The first-order valence-corrected chi connectivity index (χ1v) is 8.81. The Balaban J connectivity index is 1.46. The maximum absolute atomic E-state index is 12.8. The fraction of sp³-hybridized carbons (Fsp3) is 0.526. The summed E-state index contributed by atoms with van der Waals surface area (Å²) >= 11 is 0. The summed E-state index contributed by atoms with van der Waals surface area (Å²) in [5, 5.41) is 11.3. The smallest absolute Gasteiger partial charge is 0.270 e. The number of piperidine rings is 1. The van der Waals surface area contributed by atoms with Crippen molar-refractivity contribution in [3.8, 4) is 0 Å². The van der Waals surface area contributed by atoms with Gasteiger partial charge in [0, 0.05) is 42.4 Å². The fourth-order valence-corrected chi connectivity index (χ4v) is 4.30. The molecule has 1 aliphatic carbocycles. The van der Waals surface area contributed by atoms with Crippen molar-refractivity contribution in [2.24, 2.45) is 5.41 Å². The summed E-state index contributed by atoms with van der Waals surface area (Å²) in [4.78, 5) is 17.9. The maximum atomic E-state index is 12.8. The molecule has 2 fully saturated rings. The number of amides is 1. The first kappa shape index (κ1) is 15.7. The van der Waals surface area contributed by atoms with Gasteiger partial charge in [0.15, 0.2) is 0 Å². The Morgan fingerprint density at radius 1 is 1.38 bits per heavy atom. The molecule has 1 amide bonds. The zero-order chi connectivity index (χ0) is 16.7. The van der Waals surface area contributed by atoms with E-state index in [0.717, 1.165) is 30.2 Å². The number of hydrogen-bond acceptors (Lipinski definition) is 3. The summed E-state index contributed by atoms with van der Waals surface area (Å²) in [5.74, 6) is 0.0443. The number of nitrogens with zero attached hydrogens (tertiary/aromatic N) is 1. The van der Waals surface area contributed by atoms with E-state index in [-0.39, 0.29) is 23.5 Å². The predicted molar refractivity (Wildman–Crippen MR) is 91.9 cm³/mol. The number of nitrogens with one attached hydrogen (secondary N) is 1. The number of aliphatic hydroxyl groups is 1. The van der Waals surface area contributed by atoms with Crippen LogP contribution in [0.4, 0.5) is 0 Å². The molecular formula is C19H24N2O3. The number of carbonyl (C=O) groups excluding carboxylic acids is 1. The molecule has 5 nitrogen and oxygen atoms in total. The molecule has 1 spiro atoms. The van der Waals surface area contributed by atoms with Crippen LogP contribution in [-0.2, 0) is 4.74 Å². The number of aliphatic hydroxyl groups excluding tert-OH is 1. The number of carbonyl (C=O) groups is 1. The molecule has 1 saturated carbocycles. The summed E-state index contributed by atoms with van der Waals surface area (Å²) < 4.78 is 5.79. The van der Waals surface area contributed by atoms with E-state index < -0.39 is 0 Å². The highest BCUT2D eigenvalue weighted by Gasteiger charge is 2.56. The Labute approximate surface area is 141 Å². The van der Waals surface area contributed by atoms with Crippen molar-refractivity contribution >= 4 is 16.8 Å². The minimum absolute atomic E-state index is 0.0443. The van der Waals surface area contributed by atoms with Crippen LogP contribution < -0.4 is 0 Å². The highest BCUT2D eigenvalue weighted by Crippen LogP contribution is 2.51. The van der Waals surface area contributed by atoms with Crippen molar-refractivity contribution in [2.75, 3.05) is 19.7 Å². The van der Waals surface area contributed by atoms with E-state index in [2.05, 4.69) is 4.98 Å². The maximum Gasteiger partial charge on any atom is 0.270 e. The molecule has 0 radical (unpaired) electrons. The Hall–Kier alpha value is -1.85. The molecule has 2 heterocycles. The Kier molecular flexibility index (Phi) is 3.85. The molecule has 0 unspecified atom stereocenters. The summed E-state index contributed by atoms with van der Waals surface area (Å²) in [6.07, 6.45) is 2.20. The molecule has 2 aliphatic rings. The van der Waals surface area contributed by atoms with E-state index in [1.807, 2.05) is 42.2 Å².